The van der Waals surface area contributed by atoms with Crippen LogP contribution in [-0.4, -0.2) is 16.6 Å². The summed E-state index contributed by atoms with van der Waals surface area (Å²) in [4.78, 5) is 31.9. The SMILES string of the molecule is CC1=C(C(=O)OC(C)C)C(c2ccc(Cl)cc2)n2c(s/c(=C\c3ccc(-c4ccc(Cl)cc4)o3)c2=O)=N1. The average molecular weight is 553 g/mol. The predicted molar refractivity (Wildman–Crippen MR) is 146 cm³/mol. The molecule has 0 fully saturated rings. The summed E-state index contributed by atoms with van der Waals surface area (Å²) in [6, 6.07) is 17.3. The van der Waals surface area contributed by atoms with Gasteiger partial charge in [-0.05, 0) is 74.9 Å². The van der Waals surface area contributed by atoms with E-state index in [1.165, 1.54) is 15.9 Å². The molecule has 0 saturated heterocycles. The van der Waals surface area contributed by atoms with E-state index >= 15 is 0 Å². The summed E-state index contributed by atoms with van der Waals surface area (Å²) >= 11 is 13.3. The number of thiazole rings is 1. The second kappa shape index (κ2) is 10.2. The van der Waals surface area contributed by atoms with Gasteiger partial charge in [-0.25, -0.2) is 9.79 Å². The van der Waals surface area contributed by atoms with Crippen molar-refractivity contribution in [3.05, 3.63) is 113 Å². The first-order valence-electron chi connectivity index (χ1n) is 11.6. The second-order valence-electron chi connectivity index (χ2n) is 8.80. The number of halogens is 2. The van der Waals surface area contributed by atoms with E-state index in [-0.39, 0.29) is 11.7 Å². The minimum Gasteiger partial charge on any atom is -0.459 e. The molecule has 3 heterocycles. The van der Waals surface area contributed by atoms with E-state index in [2.05, 4.69) is 4.99 Å². The lowest BCUT2D eigenvalue weighted by Gasteiger charge is -2.25. The van der Waals surface area contributed by atoms with Crippen molar-refractivity contribution in [1.82, 2.24) is 4.57 Å². The van der Waals surface area contributed by atoms with E-state index in [0.717, 1.165) is 11.1 Å². The molecule has 0 bridgehead atoms. The molecule has 0 amide bonds. The molecule has 6 nitrogen and oxygen atoms in total. The normalized spacial score (nSPS) is 15.6. The Labute approximate surface area is 226 Å². The molecule has 0 aliphatic carbocycles. The minimum absolute atomic E-state index is 0.282. The van der Waals surface area contributed by atoms with Gasteiger partial charge in [-0.3, -0.25) is 9.36 Å². The number of aromatic nitrogens is 1. The quantitative estimate of drug-likeness (QED) is 0.295. The molecule has 2 aromatic carbocycles. The van der Waals surface area contributed by atoms with Crippen LogP contribution in [0.15, 0.2) is 86.1 Å². The van der Waals surface area contributed by atoms with Crippen molar-refractivity contribution in [3.63, 3.8) is 0 Å². The Bertz CT molecular complexity index is 1690. The summed E-state index contributed by atoms with van der Waals surface area (Å²) in [5.74, 6) is 0.668. The van der Waals surface area contributed by atoms with Crippen LogP contribution < -0.4 is 14.9 Å². The molecule has 1 unspecified atom stereocenters. The van der Waals surface area contributed by atoms with Gasteiger partial charge in [0.2, 0.25) is 0 Å². The fourth-order valence-corrected chi connectivity index (χ4v) is 5.43. The molecule has 0 N–H and O–H groups in total. The molecule has 4 aromatic rings. The zero-order valence-corrected chi connectivity index (χ0v) is 22.5. The van der Waals surface area contributed by atoms with Gasteiger partial charge in [0, 0.05) is 21.7 Å². The lowest BCUT2D eigenvalue weighted by molar-refractivity contribution is -0.143. The van der Waals surface area contributed by atoms with Crippen LogP contribution in [0, 0.1) is 0 Å². The smallest absolute Gasteiger partial charge is 0.338 e. The Balaban J connectivity index is 1.63. The third kappa shape index (κ3) is 5.07. The molecule has 2 aromatic heterocycles. The third-order valence-corrected chi connectivity index (χ3v) is 7.29. The number of fused-ring (bicyclic) bond motifs is 1. The first kappa shape index (κ1) is 25.3. The summed E-state index contributed by atoms with van der Waals surface area (Å²) in [7, 11) is 0. The van der Waals surface area contributed by atoms with Crippen molar-refractivity contribution in [3.8, 4) is 11.3 Å². The van der Waals surface area contributed by atoms with Crippen LogP contribution in [0.3, 0.4) is 0 Å². The van der Waals surface area contributed by atoms with Gasteiger partial charge in [0.05, 0.1) is 27.9 Å². The number of rotatable bonds is 5. The maximum absolute atomic E-state index is 13.7. The Morgan fingerprint density at radius 2 is 1.70 bits per heavy atom. The summed E-state index contributed by atoms with van der Waals surface area (Å²) in [5.41, 5.74) is 2.14. The van der Waals surface area contributed by atoms with Gasteiger partial charge in [-0.15, -0.1) is 0 Å². The van der Waals surface area contributed by atoms with Gasteiger partial charge in [-0.2, -0.15) is 0 Å². The summed E-state index contributed by atoms with van der Waals surface area (Å²) in [6.07, 6.45) is 1.37. The summed E-state index contributed by atoms with van der Waals surface area (Å²) < 4.78 is 13.5. The summed E-state index contributed by atoms with van der Waals surface area (Å²) in [6.45, 7) is 5.31. The highest BCUT2D eigenvalue weighted by atomic mass is 35.5. The molecule has 188 valence electrons. The molecule has 0 spiro atoms. The third-order valence-electron chi connectivity index (χ3n) is 5.80. The monoisotopic (exact) mass is 552 g/mol. The van der Waals surface area contributed by atoms with Crippen LogP contribution >= 0.6 is 34.5 Å². The Morgan fingerprint density at radius 3 is 2.35 bits per heavy atom. The highest BCUT2D eigenvalue weighted by Gasteiger charge is 2.33. The van der Waals surface area contributed by atoms with Crippen LogP contribution in [0.1, 0.15) is 38.1 Å². The average Bonchev–Trinajstić information content (AvgIpc) is 3.43. The van der Waals surface area contributed by atoms with Gasteiger partial charge < -0.3 is 9.15 Å². The number of allylic oxidation sites excluding steroid dienone is 1. The molecule has 0 saturated carbocycles. The molecule has 1 aliphatic rings. The van der Waals surface area contributed by atoms with Crippen molar-refractivity contribution in [1.29, 1.82) is 0 Å². The fourth-order valence-electron chi connectivity index (χ4n) is 4.15. The zero-order valence-electron chi connectivity index (χ0n) is 20.2. The van der Waals surface area contributed by atoms with Gasteiger partial charge in [0.1, 0.15) is 11.5 Å². The topological polar surface area (TPSA) is 73.8 Å². The number of hydrogen-bond acceptors (Lipinski definition) is 6. The highest BCUT2D eigenvalue weighted by molar-refractivity contribution is 7.07. The molecule has 0 radical (unpaired) electrons. The number of benzene rings is 2. The van der Waals surface area contributed by atoms with Gasteiger partial charge in [-0.1, -0.05) is 46.7 Å². The lowest BCUT2D eigenvalue weighted by Crippen LogP contribution is -2.40. The van der Waals surface area contributed by atoms with Crippen LogP contribution in [0.25, 0.3) is 17.4 Å². The van der Waals surface area contributed by atoms with E-state index in [4.69, 9.17) is 32.4 Å². The number of carbonyl (C=O) groups excluding carboxylic acids is 1. The largest absolute Gasteiger partial charge is 0.459 e. The van der Waals surface area contributed by atoms with E-state index in [1.807, 2.05) is 18.2 Å². The van der Waals surface area contributed by atoms with Crippen LogP contribution in [0.2, 0.25) is 10.0 Å². The van der Waals surface area contributed by atoms with Crippen LogP contribution in [0.5, 0.6) is 0 Å². The van der Waals surface area contributed by atoms with Crippen LogP contribution in [0.4, 0.5) is 0 Å². The Kier molecular flexibility index (Phi) is 6.94. The zero-order chi connectivity index (χ0) is 26.3. The van der Waals surface area contributed by atoms with Crippen LogP contribution in [-0.2, 0) is 9.53 Å². The molecule has 1 aliphatic heterocycles. The first-order chi connectivity index (χ1) is 17.7. The van der Waals surface area contributed by atoms with Crippen molar-refractivity contribution >= 4 is 46.6 Å². The lowest BCUT2D eigenvalue weighted by atomic mass is 9.96. The number of hydrogen-bond donors (Lipinski definition) is 0. The number of furan rings is 1. The maximum Gasteiger partial charge on any atom is 0.338 e. The minimum atomic E-state index is -0.705. The van der Waals surface area contributed by atoms with E-state index in [9.17, 15) is 9.59 Å². The van der Waals surface area contributed by atoms with Crippen molar-refractivity contribution in [2.24, 2.45) is 4.99 Å². The fraction of sp³-hybridized carbons (Fsp3) is 0.179. The number of nitrogens with zero attached hydrogens (tertiary/aromatic N) is 2. The van der Waals surface area contributed by atoms with E-state index in [0.29, 0.717) is 42.2 Å². The van der Waals surface area contributed by atoms with Gasteiger partial charge >= 0.3 is 5.97 Å². The predicted octanol–water partition coefficient (Wildman–Crippen LogP) is 5.75. The molecule has 5 rings (SSSR count). The van der Waals surface area contributed by atoms with Gasteiger partial charge in [0.15, 0.2) is 4.80 Å². The Hall–Kier alpha value is -3.39. The number of carbonyl (C=O) groups is 1. The van der Waals surface area contributed by atoms with Crippen molar-refractivity contribution in [2.45, 2.75) is 32.9 Å². The maximum atomic E-state index is 13.7. The van der Waals surface area contributed by atoms with E-state index in [1.54, 1.807) is 69.3 Å². The number of ether oxygens (including phenoxy) is 1. The first-order valence-corrected chi connectivity index (χ1v) is 13.1. The Morgan fingerprint density at radius 1 is 1.05 bits per heavy atom. The standard InChI is InChI=1S/C28H22Cl2N2O4S/c1-15(2)35-27(34)24-16(3)31-28-32(25(24)18-6-10-20(30)11-7-18)26(33)23(37-28)14-21-12-13-22(36-21)17-4-8-19(29)9-5-17/h4-15,25H,1-3H3/b23-14-. The van der Waals surface area contributed by atoms with E-state index < -0.39 is 12.0 Å². The molecule has 37 heavy (non-hydrogen) atoms. The second-order valence-corrected chi connectivity index (χ2v) is 10.7. The molecular formula is C28H22Cl2N2O4S. The summed E-state index contributed by atoms with van der Waals surface area (Å²) in [5, 5.41) is 1.19. The van der Waals surface area contributed by atoms with Crippen molar-refractivity contribution in [2.75, 3.05) is 0 Å². The molecule has 1 atom stereocenters. The highest BCUT2D eigenvalue weighted by Crippen LogP contribution is 2.31. The number of esters is 1. The molecular weight excluding hydrogens is 531 g/mol. The molecule has 9 heteroatoms. The van der Waals surface area contributed by atoms with Gasteiger partial charge in [0.25, 0.3) is 5.56 Å². The van der Waals surface area contributed by atoms with Crippen molar-refractivity contribution < 1.29 is 13.9 Å².